The average Bonchev–Trinajstić information content (AvgIpc) is 2.72. The molecule has 0 aromatic heterocycles. The van der Waals surface area contributed by atoms with Crippen LogP contribution in [0.4, 0.5) is 0 Å². The quantitative estimate of drug-likeness (QED) is 0.560. The third kappa shape index (κ3) is 4.94. The summed E-state index contributed by atoms with van der Waals surface area (Å²) in [6.07, 6.45) is 0. The maximum Gasteiger partial charge on any atom is 0.179 e. The molecule has 0 saturated heterocycles. The molecule has 0 unspecified atom stereocenters. The fourth-order valence-electron chi connectivity index (χ4n) is 2.71. The lowest BCUT2D eigenvalue weighted by atomic mass is 10.1. The van der Waals surface area contributed by atoms with Gasteiger partial charge in [-0.3, -0.25) is 0 Å². The first-order valence-electron chi connectivity index (χ1n) is 8.69. The summed E-state index contributed by atoms with van der Waals surface area (Å²) in [5, 5.41) is 0.474. The van der Waals surface area contributed by atoms with E-state index in [-0.39, 0.29) is 0 Å². The number of hydrogen-bond acceptors (Lipinski definition) is 4. The van der Waals surface area contributed by atoms with Crippen molar-refractivity contribution in [3.63, 3.8) is 0 Å². The highest BCUT2D eigenvalue weighted by Gasteiger charge is 2.11. The van der Waals surface area contributed by atoms with Gasteiger partial charge >= 0.3 is 0 Å². The van der Waals surface area contributed by atoms with Gasteiger partial charge in [0.1, 0.15) is 19.0 Å². The zero-order chi connectivity index (χ0) is 19.1. The number of benzene rings is 3. The normalized spacial score (nSPS) is 10.5. The van der Waals surface area contributed by atoms with Crippen LogP contribution in [0.5, 0.6) is 17.2 Å². The van der Waals surface area contributed by atoms with Gasteiger partial charge in [0.2, 0.25) is 0 Å². The average molecular weight is 384 g/mol. The number of methoxy groups -OCH3 is 1. The second-order valence-corrected chi connectivity index (χ2v) is 6.31. The van der Waals surface area contributed by atoms with E-state index in [1.54, 1.807) is 13.2 Å². The summed E-state index contributed by atoms with van der Waals surface area (Å²) in [6, 6.07) is 21.8. The number of halogens is 1. The Labute approximate surface area is 164 Å². The summed E-state index contributed by atoms with van der Waals surface area (Å²) >= 11 is 6.26. The molecular weight excluding hydrogens is 362 g/mol. The lowest BCUT2D eigenvalue weighted by molar-refractivity contribution is 0.211. The van der Waals surface area contributed by atoms with Crippen LogP contribution >= 0.6 is 11.6 Å². The summed E-state index contributed by atoms with van der Waals surface area (Å²) in [4.78, 5) is 0. The van der Waals surface area contributed by atoms with Crippen molar-refractivity contribution in [2.45, 2.75) is 6.54 Å². The molecule has 4 nitrogen and oxygen atoms in total. The van der Waals surface area contributed by atoms with Gasteiger partial charge < -0.3 is 19.9 Å². The standard InChI is InChI=1S/C22H22ClNO3/c1-25-21-14-16(15-24)13-20(23)22(21)27-12-11-26-19-9-7-18(8-10-19)17-5-3-2-4-6-17/h2-10,13-14H,11-12,15,24H2,1H3. The highest BCUT2D eigenvalue weighted by molar-refractivity contribution is 6.32. The molecule has 2 N–H and O–H groups in total. The first-order valence-corrected chi connectivity index (χ1v) is 9.06. The summed E-state index contributed by atoms with van der Waals surface area (Å²) in [6.45, 7) is 1.12. The van der Waals surface area contributed by atoms with Gasteiger partial charge in [0, 0.05) is 6.54 Å². The van der Waals surface area contributed by atoms with Crippen molar-refractivity contribution in [2.75, 3.05) is 20.3 Å². The molecule has 0 aliphatic rings. The monoisotopic (exact) mass is 383 g/mol. The Morgan fingerprint density at radius 1 is 0.852 bits per heavy atom. The SMILES string of the molecule is COc1cc(CN)cc(Cl)c1OCCOc1ccc(-c2ccccc2)cc1. The molecule has 0 spiro atoms. The molecule has 0 aliphatic carbocycles. The Hall–Kier alpha value is -2.69. The van der Waals surface area contributed by atoms with E-state index in [2.05, 4.69) is 12.1 Å². The predicted molar refractivity (Wildman–Crippen MR) is 109 cm³/mol. The largest absolute Gasteiger partial charge is 0.493 e. The van der Waals surface area contributed by atoms with Crippen LogP contribution < -0.4 is 19.9 Å². The van der Waals surface area contributed by atoms with Gasteiger partial charge in [-0.15, -0.1) is 0 Å². The molecule has 0 atom stereocenters. The van der Waals surface area contributed by atoms with Gasteiger partial charge in [0.15, 0.2) is 11.5 Å². The van der Waals surface area contributed by atoms with E-state index in [4.69, 9.17) is 31.5 Å². The molecule has 0 amide bonds. The molecule has 27 heavy (non-hydrogen) atoms. The maximum absolute atomic E-state index is 6.26. The fraction of sp³-hybridized carbons (Fsp3) is 0.182. The van der Waals surface area contributed by atoms with Crippen LogP contribution in [0.15, 0.2) is 66.7 Å². The lowest BCUT2D eigenvalue weighted by Gasteiger charge is -2.14. The minimum absolute atomic E-state index is 0.346. The summed E-state index contributed by atoms with van der Waals surface area (Å²) in [7, 11) is 1.57. The minimum Gasteiger partial charge on any atom is -0.493 e. The Bertz CT molecular complexity index is 867. The van der Waals surface area contributed by atoms with Crippen molar-refractivity contribution in [2.24, 2.45) is 5.73 Å². The van der Waals surface area contributed by atoms with E-state index in [1.807, 2.05) is 48.5 Å². The summed E-state index contributed by atoms with van der Waals surface area (Å²) in [5.74, 6) is 1.85. The van der Waals surface area contributed by atoms with Crippen LogP contribution in [0.1, 0.15) is 5.56 Å². The highest BCUT2D eigenvalue weighted by atomic mass is 35.5. The first-order chi connectivity index (χ1) is 13.2. The van der Waals surface area contributed by atoms with Crippen LogP contribution in [0.2, 0.25) is 5.02 Å². The molecular formula is C22H22ClNO3. The van der Waals surface area contributed by atoms with Gasteiger partial charge in [-0.05, 0) is 41.0 Å². The number of rotatable bonds is 8. The van der Waals surface area contributed by atoms with Crippen molar-refractivity contribution in [3.05, 3.63) is 77.3 Å². The third-order valence-electron chi connectivity index (χ3n) is 4.08. The van der Waals surface area contributed by atoms with E-state index in [1.165, 1.54) is 5.56 Å². The lowest BCUT2D eigenvalue weighted by Crippen LogP contribution is -2.10. The van der Waals surface area contributed by atoms with E-state index < -0.39 is 0 Å². The first kappa shape index (κ1) is 19.1. The van der Waals surface area contributed by atoms with Gasteiger partial charge in [-0.25, -0.2) is 0 Å². The highest BCUT2D eigenvalue weighted by Crippen LogP contribution is 2.36. The second kappa shape index (κ2) is 9.31. The summed E-state index contributed by atoms with van der Waals surface area (Å²) in [5.41, 5.74) is 8.86. The van der Waals surface area contributed by atoms with Crippen molar-refractivity contribution < 1.29 is 14.2 Å². The molecule has 0 aliphatic heterocycles. The molecule has 3 aromatic rings. The molecule has 3 rings (SSSR count). The van der Waals surface area contributed by atoms with E-state index >= 15 is 0 Å². The van der Waals surface area contributed by atoms with E-state index in [0.717, 1.165) is 16.9 Å². The zero-order valence-electron chi connectivity index (χ0n) is 15.2. The van der Waals surface area contributed by atoms with Crippen molar-refractivity contribution >= 4 is 11.6 Å². The molecule has 0 heterocycles. The Morgan fingerprint density at radius 3 is 2.19 bits per heavy atom. The van der Waals surface area contributed by atoms with Gasteiger partial charge in [0.25, 0.3) is 0 Å². The van der Waals surface area contributed by atoms with E-state index in [0.29, 0.717) is 36.3 Å². The molecule has 5 heteroatoms. The van der Waals surface area contributed by atoms with Crippen LogP contribution in [-0.4, -0.2) is 20.3 Å². The van der Waals surface area contributed by atoms with Crippen molar-refractivity contribution in [1.29, 1.82) is 0 Å². The maximum atomic E-state index is 6.26. The molecule has 3 aromatic carbocycles. The number of nitrogens with two attached hydrogens (primary N) is 1. The Kier molecular flexibility index (Phi) is 6.58. The Balaban J connectivity index is 1.55. The van der Waals surface area contributed by atoms with Gasteiger partial charge in [-0.1, -0.05) is 54.1 Å². The van der Waals surface area contributed by atoms with Crippen LogP contribution in [-0.2, 0) is 6.54 Å². The summed E-state index contributed by atoms with van der Waals surface area (Å²) < 4.78 is 16.8. The minimum atomic E-state index is 0.346. The predicted octanol–water partition coefficient (Wildman–Crippen LogP) is 4.93. The molecule has 0 fully saturated rings. The third-order valence-corrected chi connectivity index (χ3v) is 4.37. The smallest absolute Gasteiger partial charge is 0.179 e. The Morgan fingerprint density at radius 2 is 1.52 bits per heavy atom. The number of hydrogen-bond donors (Lipinski definition) is 1. The second-order valence-electron chi connectivity index (χ2n) is 5.90. The van der Waals surface area contributed by atoms with Crippen LogP contribution in [0.3, 0.4) is 0 Å². The molecule has 0 saturated carbocycles. The molecule has 0 radical (unpaired) electrons. The van der Waals surface area contributed by atoms with Crippen LogP contribution in [0, 0.1) is 0 Å². The fourth-order valence-corrected chi connectivity index (χ4v) is 3.00. The topological polar surface area (TPSA) is 53.7 Å². The van der Waals surface area contributed by atoms with Gasteiger partial charge in [-0.2, -0.15) is 0 Å². The van der Waals surface area contributed by atoms with E-state index in [9.17, 15) is 0 Å². The molecule has 140 valence electrons. The van der Waals surface area contributed by atoms with Crippen LogP contribution in [0.25, 0.3) is 11.1 Å². The van der Waals surface area contributed by atoms with Crippen molar-refractivity contribution in [1.82, 2.24) is 0 Å². The van der Waals surface area contributed by atoms with Gasteiger partial charge in [0.05, 0.1) is 12.1 Å². The molecule has 0 bridgehead atoms. The van der Waals surface area contributed by atoms with Crippen molar-refractivity contribution in [3.8, 4) is 28.4 Å². The zero-order valence-corrected chi connectivity index (χ0v) is 15.9. The number of ether oxygens (including phenoxy) is 3.